The van der Waals surface area contributed by atoms with Gasteiger partial charge in [0.1, 0.15) is 9.58 Å². The van der Waals surface area contributed by atoms with Crippen molar-refractivity contribution in [3.63, 3.8) is 0 Å². The zero-order chi connectivity index (χ0) is 19.9. The highest BCUT2D eigenvalue weighted by atomic mass is 35.5. The molecule has 4 bridgehead atoms. The van der Waals surface area contributed by atoms with E-state index >= 15 is 0 Å². The summed E-state index contributed by atoms with van der Waals surface area (Å²) in [6.45, 7) is 4.73. The Morgan fingerprint density at radius 2 is 1.89 bits per heavy atom. The molecule has 0 unspecified atom stereocenters. The average Bonchev–Trinajstić information content (AvgIpc) is 2.88. The van der Waals surface area contributed by atoms with Crippen LogP contribution >= 0.6 is 22.9 Å². The summed E-state index contributed by atoms with van der Waals surface area (Å²) >= 11 is 7.62. The molecule has 1 N–H and O–H groups in total. The van der Waals surface area contributed by atoms with Crippen LogP contribution in [0.2, 0.25) is 5.02 Å². The summed E-state index contributed by atoms with van der Waals surface area (Å²) < 4.78 is 0.465. The lowest BCUT2D eigenvalue weighted by Gasteiger charge is -2.65. The van der Waals surface area contributed by atoms with E-state index < -0.39 is 4.92 Å². The van der Waals surface area contributed by atoms with Gasteiger partial charge in [-0.25, -0.2) is 0 Å². The molecule has 2 aromatic rings. The van der Waals surface area contributed by atoms with E-state index in [-0.39, 0.29) is 17.1 Å². The number of fused-ring (bicyclic) bond motifs is 1. The quantitative estimate of drug-likeness (QED) is 0.495. The second kappa shape index (κ2) is 5.70. The fourth-order valence-corrected chi connectivity index (χ4v) is 8.74. The minimum atomic E-state index is -0.419. The van der Waals surface area contributed by atoms with Crippen molar-refractivity contribution in [1.82, 2.24) is 5.32 Å². The highest BCUT2D eigenvalue weighted by Crippen LogP contribution is 2.66. The molecule has 4 aliphatic carbocycles. The van der Waals surface area contributed by atoms with Crippen molar-refractivity contribution in [3.05, 3.63) is 38.2 Å². The van der Waals surface area contributed by atoms with Crippen LogP contribution in [0.25, 0.3) is 10.1 Å². The number of benzene rings is 1. The second-order valence-corrected chi connectivity index (χ2v) is 11.4. The van der Waals surface area contributed by atoms with E-state index in [9.17, 15) is 14.9 Å². The fourth-order valence-electron chi connectivity index (χ4n) is 7.25. The van der Waals surface area contributed by atoms with Gasteiger partial charge in [0, 0.05) is 17.0 Å². The number of hydrogen-bond acceptors (Lipinski definition) is 4. The number of nitrogens with one attached hydrogen (secondary N) is 1. The Balaban J connectivity index is 1.51. The summed E-state index contributed by atoms with van der Waals surface area (Å²) in [5, 5.41) is 15.6. The number of carbonyl (C=O) groups is 1. The topological polar surface area (TPSA) is 72.2 Å². The Hall–Kier alpha value is -1.66. The molecule has 0 radical (unpaired) electrons. The minimum absolute atomic E-state index is 0.00160. The summed E-state index contributed by atoms with van der Waals surface area (Å²) in [5.41, 5.74) is 0.415. The zero-order valence-electron chi connectivity index (χ0n) is 16.0. The van der Waals surface area contributed by atoms with Gasteiger partial charge in [-0.3, -0.25) is 14.9 Å². The van der Waals surface area contributed by atoms with E-state index in [4.69, 9.17) is 11.6 Å². The van der Waals surface area contributed by atoms with Gasteiger partial charge in [-0.05, 0) is 55.3 Å². The van der Waals surface area contributed by atoms with Crippen LogP contribution in [0, 0.1) is 26.9 Å². The van der Waals surface area contributed by atoms with Crippen LogP contribution in [-0.4, -0.2) is 16.4 Å². The fraction of sp³-hybridized carbons (Fsp3) is 0.571. The van der Waals surface area contributed by atoms with E-state index in [0.29, 0.717) is 36.7 Å². The van der Waals surface area contributed by atoms with Gasteiger partial charge in [-0.15, -0.1) is 11.3 Å². The predicted octanol–water partition coefficient (Wildman–Crippen LogP) is 5.94. The Morgan fingerprint density at radius 1 is 1.21 bits per heavy atom. The van der Waals surface area contributed by atoms with Crippen LogP contribution in [-0.2, 0) is 0 Å². The van der Waals surface area contributed by atoms with E-state index in [0.717, 1.165) is 30.6 Å². The van der Waals surface area contributed by atoms with Crippen molar-refractivity contribution in [2.24, 2.45) is 16.7 Å². The summed E-state index contributed by atoms with van der Waals surface area (Å²) in [6, 6.07) is 4.81. The van der Waals surface area contributed by atoms with Crippen LogP contribution in [0.1, 0.15) is 62.0 Å². The molecule has 1 aromatic carbocycles. The van der Waals surface area contributed by atoms with Crippen molar-refractivity contribution >= 4 is 44.6 Å². The molecule has 4 saturated carbocycles. The Bertz CT molecular complexity index is 1010. The monoisotopic (exact) mass is 418 g/mol. The summed E-state index contributed by atoms with van der Waals surface area (Å²) in [7, 11) is 0. The number of hydrogen-bond donors (Lipinski definition) is 1. The van der Waals surface area contributed by atoms with Crippen molar-refractivity contribution in [1.29, 1.82) is 0 Å². The third-order valence-electron chi connectivity index (χ3n) is 7.04. The van der Waals surface area contributed by atoms with Crippen LogP contribution < -0.4 is 5.32 Å². The molecule has 0 aliphatic heterocycles. The maximum atomic E-state index is 13.3. The lowest BCUT2D eigenvalue weighted by molar-refractivity contribution is -0.382. The molecule has 1 heterocycles. The van der Waals surface area contributed by atoms with E-state index in [1.807, 2.05) is 0 Å². The van der Waals surface area contributed by atoms with Crippen LogP contribution in [0.5, 0.6) is 0 Å². The molecule has 7 heteroatoms. The molecule has 28 heavy (non-hydrogen) atoms. The molecule has 0 spiro atoms. The minimum Gasteiger partial charge on any atom is -0.346 e. The van der Waals surface area contributed by atoms with Gasteiger partial charge in [0.05, 0.1) is 9.95 Å². The molecule has 0 saturated heterocycles. The van der Waals surface area contributed by atoms with Gasteiger partial charge < -0.3 is 5.32 Å². The highest BCUT2D eigenvalue weighted by Gasteiger charge is 2.60. The number of amides is 1. The van der Waals surface area contributed by atoms with Gasteiger partial charge in [0.15, 0.2) is 0 Å². The van der Waals surface area contributed by atoms with Crippen LogP contribution in [0.3, 0.4) is 0 Å². The number of nitro groups is 1. The summed E-state index contributed by atoms with van der Waals surface area (Å²) in [5.74, 6) is 0.486. The standard InChI is InChI=1S/C21H23ClN2O3S/c1-19-6-12-7-20(2,9-19)11-21(8-12,10-19)23-18(25)17-15(22)13-4-3-5-14(24(26)27)16(13)28-17/h3-5,12H,6-11H2,1-2H3,(H,23,25)/t12?,19-,20-,21?/m1/s1. The largest absolute Gasteiger partial charge is 0.346 e. The number of non-ortho nitro benzene ring substituents is 1. The molecule has 1 amide bonds. The highest BCUT2D eigenvalue weighted by molar-refractivity contribution is 7.22. The number of halogens is 1. The van der Waals surface area contributed by atoms with Crippen molar-refractivity contribution in [2.45, 2.75) is 57.9 Å². The molecular formula is C21H23ClN2O3S. The van der Waals surface area contributed by atoms with Crippen molar-refractivity contribution < 1.29 is 9.72 Å². The molecule has 1 aromatic heterocycles. The first-order chi connectivity index (χ1) is 13.1. The third-order valence-corrected chi connectivity index (χ3v) is 8.77. The molecular weight excluding hydrogens is 396 g/mol. The second-order valence-electron chi connectivity index (χ2n) is 10.0. The first-order valence-corrected chi connectivity index (χ1v) is 11.0. The number of carbonyl (C=O) groups excluding carboxylic acids is 1. The van der Waals surface area contributed by atoms with E-state index in [2.05, 4.69) is 19.2 Å². The Morgan fingerprint density at radius 3 is 2.50 bits per heavy atom. The first-order valence-electron chi connectivity index (χ1n) is 9.79. The lowest BCUT2D eigenvalue weighted by atomic mass is 9.43. The van der Waals surface area contributed by atoms with E-state index in [1.54, 1.807) is 12.1 Å². The summed E-state index contributed by atoms with van der Waals surface area (Å²) in [4.78, 5) is 24.6. The van der Waals surface area contributed by atoms with Crippen LogP contribution in [0.15, 0.2) is 18.2 Å². The number of nitrogens with zero attached hydrogens (tertiary/aromatic N) is 1. The first kappa shape index (κ1) is 18.4. The molecule has 4 fully saturated rings. The van der Waals surface area contributed by atoms with Gasteiger partial charge in [0.25, 0.3) is 11.6 Å². The summed E-state index contributed by atoms with van der Waals surface area (Å²) in [6.07, 6.45) is 6.82. The number of nitro benzene ring substituents is 1. The van der Waals surface area contributed by atoms with Crippen molar-refractivity contribution in [3.8, 4) is 0 Å². The Kier molecular flexibility index (Phi) is 3.74. The third kappa shape index (κ3) is 2.68. The Labute approximate surface area is 172 Å². The maximum absolute atomic E-state index is 13.3. The molecule has 2 atom stereocenters. The molecule has 6 rings (SSSR count). The predicted molar refractivity (Wildman–Crippen MR) is 111 cm³/mol. The SMILES string of the molecule is C[C@]12CC3CC(NC(=O)c4sc5c([N+](=O)[O-])cccc5c4Cl)(C1)C[C@](C)(C3)C2. The van der Waals surface area contributed by atoms with Crippen LogP contribution in [0.4, 0.5) is 5.69 Å². The van der Waals surface area contributed by atoms with Gasteiger partial charge in [0.2, 0.25) is 0 Å². The van der Waals surface area contributed by atoms with Gasteiger partial charge in [-0.1, -0.05) is 37.6 Å². The molecule has 4 aliphatic rings. The normalized spacial score (nSPS) is 36.0. The average molecular weight is 419 g/mol. The van der Waals surface area contributed by atoms with E-state index in [1.165, 1.54) is 25.3 Å². The smallest absolute Gasteiger partial charge is 0.287 e. The maximum Gasteiger partial charge on any atom is 0.287 e. The van der Waals surface area contributed by atoms with Crippen molar-refractivity contribution in [2.75, 3.05) is 0 Å². The number of thiophene rings is 1. The lowest BCUT2D eigenvalue weighted by Crippen LogP contribution is -2.65. The molecule has 5 nitrogen and oxygen atoms in total. The number of rotatable bonds is 3. The zero-order valence-corrected chi connectivity index (χ0v) is 17.6. The van der Waals surface area contributed by atoms with Gasteiger partial charge in [-0.2, -0.15) is 0 Å². The van der Waals surface area contributed by atoms with Gasteiger partial charge >= 0.3 is 0 Å². The molecule has 148 valence electrons.